The fraction of sp³-hybridized carbons (Fsp3) is 0.867. The largest absolute Gasteiger partial charge is 0.480 e. The average Bonchev–Trinajstić information content (AvgIpc) is 2.97. The Labute approximate surface area is 120 Å². The van der Waals surface area contributed by atoms with Crippen LogP contribution in [-0.4, -0.2) is 47.1 Å². The summed E-state index contributed by atoms with van der Waals surface area (Å²) >= 11 is 0. The molecule has 0 radical (unpaired) electrons. The van der Waals surface area contributed by atoms with E-state index in [2.05, 4.69) is 12.2 Å². The number of carbonyl (C=O) groups excluding carboxylic acids is 1. The molecule has 0 spiro atoms. The molecule has 114 valence electrons. The van der Waals surface area contributed by atoms with Gasteiger partial charge in [-0.2, -0.15) is 0 Å². The Morgan fingerprint density at radius 1 is 1.25 bits per heavy atom. The van der Waals surface area contributed by atoms with Gasteiger partial charge < -0.3 is 15.3 Å². The molecule has 2 atom stereocenters. The number of nitrogens with one attached hydrogen (secondary N) is 1. The van der Waals surface area contributed by atoms with Crippen LogP contribution in [0.15, 0.2) is 0 Å². The number of carboxylic acids is 1. The molecule has 2 fully saturated rings. The lowest BCUT2D eigenvalue weighted by Crippen LogP contribution is -2.53. The van der Waals surface area contributed by atoms with Crippen molar-refractivity contribution in [3.63, 3.8) is 0 Å². The maximum atomic E-state index is 12.3. The van der Waals surface area contributed by atoms with Crippen molar-refractivity contribution in [1.82, 2.24) is 10.2 Å². The van der Waals surface area contributed by atoms with Crippen molar-refractivity contribution in [2.75, 3.05) is 13.1 Å². The average molecular weight is 282 g/mol. The van der Waals surface area contributed by atoms with Crippen molar-refractivity contribution in [2.45, 2.75) is 64.0 Å². The molecule has 5 nitrogen and oxygen atoms in total. The summed E-state index contributed by atoms with van der Waals surface area (Å²) in [5, 5.41) is 12.6. The van der Waals surface area contributed by atoms with Crippen LogP contribution in [0.25, 0.3) is 0 Å². The van der Waals surface area contributed by atoms with Crippen molar-refractivity contribution in [3.05, 3.63) is 0 Å². The zero-order valence-electron chi connectivity index (χ0n) is 12.3. The van der Waals surface area contributed by atoms with Gasteiger partial charge in [-0.3, -0.25) is 4.79 Å². The molecule has 1 amide bonds. The van der Waals surface area contributed by atoms with Crippen molar-refractivity contribution >= 4 is 11.9 Å². The molecular weight excluding hydrogens is 256 g/mol. The number of aliphatic carboxylic acids is 1. The quantitative estimate of drug-likeness (QED) is 0.804. The molecule has 2 aliphatic rings. The van der Waals surface area contributed by atoms with E-state index in [4.69, 9.17) is 0 Å². The Kier molecular flexibility index (Phi) is 5.40. The lowest BCUT2D eigenvalue weighted by Gasteiger charge is -2.37. The lowest BCUT2D eigenvalue weighted by atomic mass is 9.89. The highest BCUT2D eigenvalue weighted by Crippen LogP contribution is 2.25. The zero-order valence-corrected chi connectivity index (χ0v) is 12.3. The summed E-state index contributed by atoms with van der Waals surface area (Å²) in [5.74, 6) is -0.487. The Bertz CT molecular complexity index is 353. The van der Waals surface area contributed by atoms with Crippen LogP contribution >= 0.6 is 0 Å². The number of nitrogens with zero attached hydrogens (tertiary/aromatic N) is 1. The number of hydrogen-bond acceptors (Lipinski definition) is 3. The zero-order chi connectivity index (χ0) is 14.5. The molecule has 1 aliphatic heterocycles. The molecule has 2 unspecified atom stereocenters. The third kappa shape index (κ3) is 3.72. The van der Waals surface area contributed by atoms with Gasteiger partial charge in [0.15, 0.2) is 0 Å². The van der Waals surface area contributed by atoms with Crippen molar-refractivity contribution in [3.8, 4) is 0 Å². The summed E-state index contributed by atoms with van der Waals surface area (Å²) in [6.45, 7) is 2.95. The summed E-state index contributed by atoms with van der Waals surface area (Å²) in [7, 11) is 0. The fourth-order valence-electron chi connectivity index (χ4n) is 3.40. The summed E-state index contributed by atoms with van der Waals surface area (Å²) in [6, 6.07) is -0.193. The van der Waals surface area contributed by atoms with E-state index in [1.165, 1.54) is 12.8 Å². The minimum Gasteiger partial charge on any atom is -0.480 e. The summed E-state index contributed by atoms with van der Waals surface area (Å²) < 4.78 is 0. The Morgan fingerprint density at radius 2 is 1.95 bits per heavy atom. The van der Waals surface area contributed by atoms with Crippen LogP contribution in [-0.2, 0) is 9.59 Å². The first kappa shape index (κ1) is 15.3. The van der Waals surface area contributed by atoms with Gasteiger partial charge in [-0.25, -0.2) is 4.79 Å². The van der Waals surface area contributed by atoms with Crippen LogP contribution in [0.5, 0.6) is 0 Å². The number of piperidine rings is 1. The number of likely N-dealkylation sites (tertiary alicyclic amines) is 1. The lowest BCUT2D eigenvalue weighted by molar-refractivity contribution is -0.152. The van der Waals surface area contributed by atoms with E-state index in [1.807, 2.05) is 0 Å². The molecule has 2 rings (SSSR count). The molecule has 1 aliphatic carbocycles. The third-order valence-corrected chi connectivity index (χ3v) is 4.79. The van der Waals surface area contributed by atoms with E-state index in [1.54, 1.807) is 4.90 Å². The second kappa shape index (κ2) is 7.07. The Hall–Kier alpha value is -1.10. The molecular formula is C15H26N2O3. The number of hydrogen-bond donors (Lipinski definition) is 2. The van der Waals surface area contributed by atoms with Gasteiger partial charge in [0.25, 0.3) is 0 Å². The van der Waals surface area contributed by atoms with Gasteiger partial charge in [-0.05, 0) is 31.6 Å². The second-order valence-corrected chi connectivity index (χ2v) is 6.10. The van der Waals surface area contributed by atoms with E-state index in [0.29, 0.717) is 24.9 Å². The Morgan fingerprint density at radius 3 is 2.55 bits per heavy atom. The molecule has 1 saturated carbocycles. The third-order valence-electron chi connectivity index (χ3n) is 4.79. The van der Waals surface area contributed by atoms with Crippen molar-refractivity contribution in [1.29, 1.82) is 0 Å². The highest BCUT2D eigenvalue weighted by Gasteiger charge is 2.35. The molecule has 2 N–H and O–H groups in total. The van der Waals surface area contributed by atoms with Crippen molar-refractivity contribution in [2.24, 2.45) is 5.92 Å². The van der Waals surface area contributed by atoms with Crippen LogP contribution in [0.4, 0.5) is 0 Å². The Balaban J connectivity index is 1.87. The smallest absolute Gasteiger partial charge is 0.326 e. The van der Waals surface area contributed by atoms with Gasteiger partial charge >= 0.3 is 5.97 Å². The summed E-state index contributed by atoms with van der Waals surface area (Å²) in [6.07, 6.45) is 7.24. The topological polar surface area (TPSA) is 69.6 Å². The van der Waals surface area contributed by atoms with Crippen LogP contribution in [0, 0.1) is 5.92 Å². The first-order chi connectivity index (χ1) is 9.61. The van der Waals surface area contributed by atoms with Crippen LogP contribution < -0.4 is 5.32 Å². The van der Waals surface area contributed by atoms with E-state index in [-0.39, 0.29) is 12.5 Å². The van der Waals surface area contributed by atoms with Gasteiger partial charge in [0, 0.05) is 12.6 Å². The first-order valence-corrected chi connectivity index (χ1v) is 7.87. The van der Waals surface area contributed by atoms with Crippen LogP contribution in [0.1, 0.15) is 51.9 Å². The minimum absolute atomic E-state index is 0.0566. The first-order valence-electron chi connectivity index (χ1n) is 7.87. The van der Waals surface area contributed by atoms with Crippen LogP contribution in [0.3, 0.4) is 0 Å². The van der Waals surface area contributed by atoms with Gasteiger partial charge in [0.1, 0.15) is 6.04 Å². The maximum Gasteiger partial charge on any atom is 0.326 e. The molecule has 1 saturated heterocycles. The van der Waals surface area contributed by atoms with Gasteiger partial charge in [-0.1, -0.05) is 26.2 Å². The molecule has 0 aromatic rings. The van der Waals surface area contributed by atoms with Gasteiger partial charge in [0.2, 0.25) is 5.91 Å². The molecule has 5 heteroatoms. The van der Waals surface area contributed by atoms with Crippen molar-refractivity contribution < 1.29 is 14.7 Å². The summed E-state index contributed by atoms with van der Waals surface area (Å²) in [5.41, 5.74) is 0. The monoisotopic (exact) mass is 282 g/mol. The molecule has 0 bridgehead atoms. The minimum atomic E-state index is -0.864. The number of rotatable bonds is 5. The summed E-state index contributed by atoms with van der Waals surface area (Å²) in [4.78, 5) is 25.2. The number of carboxylic acid groups (broad SMARTS) is 1. The van der Waals surface area contributed by atoms with E-state index in [0.717, 1.165) is 25.7 Å². The SMILES string of the molecule is CCC1CCN(C(=O)CNC2CCCC2)C(C(=O)O)C1. The second-order valence-electron chi connectivity index (χ2n) is 6.10. The predicted molar refractivity (Wildman–Crippen MR) is 76.4 cm³/mol. The molecule has 20 heavy (non-hydrogen) atoms. The van der Waals surface area contributed by atoms with Crippen LogP contribution in [0.2, 0.25) is 0 Å². The fourth-order valence-corrected chi connectivity index (χ4v) is 3.40. The highest BCUT2D eigenvalue weighted by atomic mass is 16.4. The molecule has 1 heterocycles. The standard InChI is InChI=1S/C15H26N2O3/c1-2-11-7-8-17(13(9-11)15(19)20)14(18)10-16-12-5-3-4-6-12/h11-13,16H,2-10H2,1H3,(H,19,20). The highest BCUT2D eigenvalue weighted by molar-refractivity contribution is 5.85. The van der Waals surface area contributed by atoms with E-state index in [9.17, 15) is 14.7 Å². The molecule has 0 aromatic carbocycles. The number of carbonyl (C=O) groups is 2. The van der Waals surface area contributed by atoms with E-state index < -0.39 is 12.0 Å². The van der Waals surface area contributed by atoms with Gasteiger partial charge in [0.05, 0.1) is 6.54 Å². The normalized spacial score (nSPS) is 27.8. The predicted octanol–water partition coefficient (Wildman–Crippen LogP) is 1.62. The number of amides is 1. The maximum absolute atomic E-state index is 12.3. The molecule has 0 aromatic heterocycles. The van der Waals surface area contributed by atoms with Gasteiger partial charge in [-0.15, -0.1) is 0 Å². The van der Waals surface area contributed by atoms with E-state index >= 15 is 0 Å².